The number of hydrogen-bond donors (Lipinski definition) is 2. The predicted molar refractivity (Wildman–Crippen MR) is 73.0 cm³/mol. The maximum atomic E-state index is 11.2. The van der Waals surface area contributed by atoms with Crippen LogP contribution in [0.15, 0.2) is 30.3 Å². The van der Waals surface area contributed by atoms with Crippen molar-refractivity contribution < 1.29 is 19.7 Å². The number of aliphatic hydroxyl groups excluding tert-OH is 1. The number of rotatable bonds is 8. The first kappa shape index (κ1) is 15.7. The Hall–Kier alpha value is -1.39. The van der Waals surface area contributed by atoms with Crippen LogP contribution in [0.2, 0.25) is 0 Å². The summed E-state index contributed by atoms with van der Waals surface area (Å²) in [6.07, 6.45) is -0.0782. The summed E-state index contributed by atoms with van der Waals surface area (Å²) >= 11 is 0. The number of aliphatic carboxylic acids is 1. The van der Waals surface area contributed by atoms with Gasteiger partial charge in [0.15, 0.2) is 0 Å². The molecule has 0 aromatic heterocycles. The van der Waals surface area contributed by atoms with E-state index < -0.39 is 18.0 Å². The lowest BCUT2D eigenvalue weighted by molar-refractivity contribution is -0.143. The maximum Gasteiger partial charge on any atom is 0.306 e. The van der Waals surface area contributed by atoms with Gasteiger partial charge < -0.3 is 14.9 Å². The van der Waals surface area contributed by atoms with Crippen LogP contribution in [0.25, 0.3) is 0 Å². The minimum absolute atomic E-state index is 0.0343. The van der Waals surface area contributed by atoms with Crippen LogP contribution in [0.5, 0.6) is 0 Å². The molecule has 0 spiro atoms. The van der Waals surface area contributed by atoms with Crippen molar-refractivity contribution in [3.63, 3.8) is 0 Å². The van der Waals surface area contributed by atoms with Crippen molar-refractivity contribution in [3.05, 3.63) is 35.9 Å². The van der Waals surface area contributed by atoms with Crippen molar-refractivity contribution in [2.75, 3.05) is 6.61 Å². The van der Waals surface area contributed by atoms with Crippen LogP contribution in [0.4, 0.5) is 0 Å². The summed E-state index contributed by atoms with van der Waals surface area (Å²) in [6.45, 7) is 3.94. The van der Waals surface area contributed by atoms with Crippen LogP contribution in [0.3, 0.4) is 0 Å². The minimum atomic E-state index is -0.882. The summed E-state index contributed by atoms with van der Waals surface area (Å²) < 4.78 is 5.29. The van der Waals surface area contributed by atoms with E-state index in [4.69, 9.17) is 4.74 Å². The van der Waals surface area contributed by atoms with Crippen molar-refractivity contribution in [2.24, 2.45) is 5.92 Å². The lowest BCUT2D eigenvalue weighted by atomic mass is 9.94. The molecular weight excluding hydrogens is 244 g/mol. The quantitative estimate of drug-likeness (QED) is 0.756. The molecule has 4 heteroatoms. The van der Waals surface area contributed by atoms with Crippen LogP contribution < -0.4 is 0 Å². The van der Waals surface area contributed by atoms with Crippen molar-refractivity contribution in [2.45, 2.75) is 38.9 Å². The molecule has 4 nitrogen and oxygen atoms in total. The van der Waals surface area contributed by atoms with Gasteiger partial charge in [0, 0.05) is 0 Å². The largest absolute Gasteiger partial charge is 0.481 e. The summed E-state index contributed by atoms with van der Waals surface area (Å²) in [5, 5.41) is 19.0. The van der Waals surface area contributed by atoms with Crippen molar-refractivity contribution in [1.29, 1.82) is 0 Å². The van der Waals surface area contributed by atoms with Gasteiger partial charge in [-0.1, -0.05) is 30.3 Å². The van der Waals surface area contributed by atoms with Gasteiger partial charge in [0.2, 0.25) is 0 Å². The van der Waals surface area contributed by atoms with E-state index >= 15 is 0 Å². The summed E-state index contributed by atoms with van der Waals surface area (Å²) in [5.74, 6) is -1.47. The van der Waals surface area contributed by atoms with Crippen molar-refractivity contribution in [1.82, 2.24) is 0 Å². The average molecular weight is 266 g/mol. The molecule has 0 saturated heterocycles. The number of carboxylic acids is 1. The van der Waals surface area contributed by atoms with Gasteiger partial charge in [-0.3, -0.25) is 4.79 Å². The van der Waals surface area contributed by atoms with E-state index in [0.717, 1.165) is 5.56 Å². The van der Waals surface area contributed by atoms with Crippen LogP contribution in [0, 0.1) is 5.92 Å². The molecular formula is C15H22O4. The van der Waals surface area contributed by atoms with E-state index in [2.05, 4.69) is 0 Å². The first-order valence-corrected chi connectivity index (χ1v) is 6.55. The van der Waals surface area contributed by atoms with Crippen molar-refractivity contribution in [3.8, 4) is 0 Å². The molecule has 1 aromatic carbocycles. The lowest BCUT2D eigenvalue weighted by Gasteiger charge is -2.18. The Labute approximate surface area is 114 Å². The molecule has 2 unspecified atom stereocenters. The van der Waals surface area contributed by atoms with Crippen LogP contribution >= 0.6 is 0 Å². The Balaban J connectivity index is 2.51. The second kappa shape index (κ2) is 7.92. The number of benzene rings is 1. The third kappa shape index (κ3) is 6.36. The van der Waals surface area contributed by atoms with E-state index in [1.54, 1.807) is 0 Å². The topological polar surface area (TPSA) is 66.8 Å². The van der Waals surface area contributed by atoms with Gasteiger partial charge in [-0.2, -0.15) is 0 Å². The highest BCUT2D eigenvalue weighted by Crippen LogP contribution is 2.15. The molecule has 0 fully saturated rings. The fourth-order valence-electron chi connectivity index (χ4n) is 1.87. The molecule has 0 radical (unpaired) electrons. The second-order valence-electron chi connectivity index (χ2n) is 5.00. The molecule has 2 atom stereocenters. The Bertz CT molecular complexity index is 375. The fraction of sp³-hybridized carbons (Fsp3) is 0.533. The van der Waals surface area contributed by atoms with Gasteiger partial charge in [0.1, 0.15) is 0 Å². The molecule has 106 valence electrons. The molecule has 0 saturated carbocycles. The lowest BCUT2D eigenvalue weighted by Crippen LogP contribution is -2.26. The van der Waals surface area contributed by atoms with Gasteiger partial charge in [-0.05, 0) is 32.3 Å². The molecule has 0 aliphatic heterocycles. The Kier molecular flexibility index (Phi) is 6.53. The average Bonchev–Trinajstić information content (AvgIpc) is 2.36. The zero-order valence-electron chi connectivity index (χ0n) is 11.5. The second-order valence-corrected chi connectivity index (χ2v) is 5.00. The number of aliphatic hydroxyl groups is 1. The Morgan fingerprint density at radius 3 is 2.42 bits per heavy atom. The van der Waals surface area contributed by atoms with Gasteiger partial charge in [-0.15, -0.1) is 0 Å². The van der Waals surface area contributed by atoms with Crippen LogP contribution in [-0.2, 0) is 16.0 Å². The zero-order chi connectivity index (χ0) is 14.3. The van der Waals surface area contributed by atoms with Gasteiger partial charge in [-0.25, -0.2) is 0 Å². The van der Waals surface area contributed by atoms with E-state index in [0.29, 0.717) is 6.42 Å². The molecule has 2 N–H and O–H groups in total. The third-order valence-corrected chi connectivity index (χ3v) is 2.85. The van der Waals surface area contributed by atoms with E-state index in [-0.39, 0.29) is 19.1 Å². The van der Waals surface area contributed by atoms with E-state index in [1.165, 1.54) is 0 Å². The first-order valence-electron chi connectivity index (χ1n) is 6.55. The number of carboxylic acid groups (broad SMARTS) is 1. The SMILES string of the molecule is CC(C)OCC(O)CC(Cc1ccccc1)C(=O)O. The summed E-state index contributed by atoms with van der Waals surface area (Å²) in [5.41, 5.74) is 0.965. The molecule has 0 amide bonds. The monoisotopic (exact) mass is 266 g/mol. The number of carbonyl (C=O) groups is 1. The third-order valence-electron chi connectivity index (χ3n) is 2.85. The summed E-state index contributed by atoms with van der Waals surface area (Å²) in [4.78, 5) is 11.2. The highest BCUT2D eigenvalue weighted by atomic mass is 16.5. The van der Waals surface area contributed by atoms with Gasteiger partial charge in [0.05, 0.1) is 24.7 Å². The highest BCUT2D eigenvalue weighted by molar-refractivity contribution is 5.70. The van der Waals surface area contributed by atoms with E-state index in [1.807, 2.05) is 44.2 Å². The molecule has 1 rings (SSSR count). The normalized spacial score (nSPS) is 14.3. The number of ether oxygens (including phenoxy) is 1. The molecule has 0 bridgehead atoms. The smallest absolute Gasteiger partial charge is 0.306 e. The fourth-order valence-corrected chi connectivity index (χ4v) is 1.87. The van der Waals surface area contributed by atoms with E-state index in [9.17, 15) is 15.0 Å². The van der Waals surface area contributed by atoms with Gasteiger partial charge in [0.25, 0.3) is 0 Å². The standard InChI is InChI=1S/C15H22O4/c1-11(2)19-10-14(16)9-13(15(17)18)8-12-6-4-3-5-7-12/h3-7,11,13-14,16H,8-10H2,1-2H3,(H,17,18). The maximum absolute atomic E-state index is 11.2. The highest BCUT2D eigenvalue weighted by Gasteiger charge is 2.22. The van der Waals surface area contributed by atoms with Gasteiger partial charge >= 0.3 is 5.97 Å². The molecule has 1 aromatic rings. The van der Waals surface area contributed by atoms with Crippen molar-refractivity contribution >= 4 is 5.97 Å². The zero-order valence-corrected chi connectivity index (χ0v) is 11.5. The van der Waals surface area contributed by atoms with Crippen LogP contribution in [-0.4, -0.2) is 35.0 Å². The Morgan fingerprint density at radius 1 is 1.26 bits per heavy atom. The molecule has 0 aliphatic carbocycles. The predicted octanol–water partition coefficient (Wildman–Crippen LogP) is 2.11. The minimum Gasteiger partial charge on any atom is -0.481 e. The first-order chi connectivity index (χ1) is 8.99. The molecule has 19 heavy (non-hydrogen) atoms. The summed E-state index contributed by atoms with van der Waals surface area (Å²) in [6, 6.07) is 9.45. The molecule has 0 aliphatic rings. The van der Waals surface area contributed by atoms with Crippen LogP contribution in [0.1, 0.15) is 25.8 Å². The molecule has 0 heterocycles. The Morgan fingerprint density at radius 2 is 1.89 bits per heavy atom. The number of hydrogen-bond acceptors (Lipinski definition) is 3. The summed E-state index contributed by atoms with van der Waals surface area (Å²) in [7, 11) is 0.